The van der Waals surface area contributed by atoms with Crippen molar-refractivity contribution in [2.24, 2.45) is 0 Å². The van der Waals surface area contributed by atoms with E-state index in [0.717, 1.165) is 12.1 Å². The molecule has 1 aromatic carbocycles. The molecular weight excluding hydrogens is 290 g/mol. The minimum atomic E-state index is -0.980. The topological polar surface area (TPSA) is 49.4 Å². The van der Waals surface area contributed by atoms with Gasteiger partial charge in [-0.05, 0) is 19.1 Å². The Morgan fingerprint density at radius 2 is 1.86 bits per heavy atom. The molecule has 0 aliphatic rings. The van der Waals surface area contributed by atoms with Crippen molar-refractivity contribution in [1.29, 1.82) is 0 Å². The Morgan fingerprint density at radius 3 is 2.36 bits per heavy atom. The molecule has 2 amide bonds. The Kier molecular flexibility index (Phi) is 6.44. The van der Waals surface area contributed by atoms with E-state index in [0.29, 0.717) is 19.2 Å². The van der Waals surface area contributed by atoms with E-state index >= 15 is 0 Å². The molecule has 0 bridgehead atoms. The van der Waals surface area contributed by atoms with Crippen LogP contribution in [0.4, 0.5) is 8.78 Å². The highest BCUT2D eigenvalue weighted by atomic mass is 19.1. The third-order valence-electron chi connectivity index (χ3n) is 2.90. The number of halogens is 2. The van der Waals surface area contributed by atoms with Crippen molar-refractivity contribution in [2.45, 2.75) is 13.0 Å². The summed E-state index contributed by atoms with van der Waals surface area (Å²) in [6.07, 6.45) is 3.10. The van der Waals surface area contributed by atoms with Gasteiger partial charge in [0.05, 0.1) is 5.56 Å². The van der Waals surface area contributed by atoms with Crippen molar-refractivity contribution in [3.63, 3.8) is 0 Å². The summed E-state index contributed by atoms with van der Waals surface area (Å²) in [5, 5.41) is 2.39. The highest BCUT2D eigenvalue weighted by Gasteiger charge is 2.22. The molecule has 0 spiro atoms. The quantitative estimate of drug-likeness (QED) is 0.786. The van der Waals surface area contributed by atoms with E-state index in [2.05, 4.69) is 18.5 Å². The number of nitrogens with one attached hydrogen (secondary N) is 1. The summed E-state index contributed by atoms with van der Waals surface area (Å²) < 4.78 is 26.4. The predicted octanol–water partition coefficient (Wildman–Crippen LogP) is 2.28. The number of amides is 2. The van der Waals surface area contributed by atoms with E-state index in [1.807, 2.05) is 0 Å². The van der Waals surface area contributed by atoms with Crippen LogP contribution in [0.2, 0.25) is 0 Å². The molecule has 0 aliphatic heterocycles. The second kappa shape index (κ2) is 8.07. The van der Waals surface area contributed by atoms with Crippen molar-refractivity contribution >= 4 is 11.8 Å². The molecule has 0 aromatic heterocycles. The van der Waals surface area contributed by atoms with Crippen LogP contribution in [-0.4, -0.2) is 35.8 Å². The molecule has 0 fully saturated rings. The summed E-state index contributed by atoms with van der Waals surface area (Å²) >= 11 is 0. The highest BCUT2D eigenvalue weighted by molar-refractivity contribution is 5.97. The van der Waals surface area contributed by atoms with Crippen LogP contribution in [0.1, 0.15) is 17.3 Å². The first kappa shape index (κ1) is 17.6. The van der Waals surface area contributed by atoms with Gasteiger partial charge in [-0.2, -0.15) is 0 Å². The van der Waals surface area contributed by atoms with Gasteiger partial charge in [-0.3, -0.25) is 9.59 Å². The first-order valence-electron chi connectivity index (χ1n) is 6.67. The molecule has 1 unspecified atom stereocenters. The summed E-state index contributed by atoms with van der Waals surface area (Å²) in [6.45, 7) is 9.19. The first-order chi connectivity index (χ1) is 10.4. The predicted molar refractivity (Wildman–Crippen MR) is 80.3 cm³/mol. The lowest BCUT2D eigenvalue weighted by molar-refractivity contribution is -0.131. The minimum absolute atomic E-state index is 0.302. The maximum atomic E-state index is 13.5. The molecule has 1 atom stereocenters. The third-order valence-corrected chi connectivity index (χ3v) is 2.90. The lowest BCUT2D eigenvalue weighted by Gasteiger charge is -2.23. The molecule has 1 N–H and O–H groups in total. The number of rotatable bonds is 7. The van der Waals surface area contributed by atoms with Gasteiger partial charge in [0.2, 0.25) is 5.91 Å². The van der Waals surface area contributed by atoms with E-state index in [-0.39, 0.29) is 11.5 Å². The zero-order chi connectivity index (χ0) is 16.7. The fraction of sp³-hybridized carbons (Fsp3) is 0.250. The van der Waals surface area contributed by atoms with Crippen LogP contribution in [0.15, 0.2) is 43.5 Å². The van der Waals surface area contributed by atoms with Crippen molar-refractivity contribution < 1.29 is 18.4 Å². The molecule has 0 saturated heterocycles. The smallest absolute Gasteiger partial charge is 0.254 e. The average Bonchev–Trinajstić information content (AvgIpc) is 2.45. The summed E-state index contributed by atoms with van der Waals surface area (Å²) in [5.41, 5.74) is -0.319. The zero-order valence-corrected chi connectivity index (χ0v) is 12.3. The van der Waals surface area contributed by atoms with Gasteiger partial charge in [-0.25, -0.2) is 8.78 Å². The van der Waals surface area contributed by atoms with Crippen LogP contribution in [0, 0.1) is 11.6 Å². The monoisotopic (exact) mass is 308 g/mol. The second-order valence-electron chi connectivity index (χ2n) is 4.64. The minimum Gasteiger partial charge on any atom is -0.340 e. The number of nitrogens with zero attached hydrogens (tertiary/aromatic N) is 1. The van der Waals surface area contributed by atoms with Gasteiger partial charge in [0.25, 0.3) is 5.91 Å². The summed E-state index contributed by atoms with van der Waals surface area (Å²) in [6, 6.07) is 1.76. The maximum absolute atomic E-state index is 13.5. The van der Waals surface area contributed by atoms with Crippen LogP contribution in [-0.2, 0) is 4.79 Å². The van der Waals surface area contributed by atoms with Gasteiger partial charge in [0.1, 0.15) is 17.7 Å². The molecular formula is C16H18F2N2O2. The normalized spacial score (nSPS) is 11.4. The highest BCUT2D eigenvalue weighted by Crippen LogP contribution is 2.10. The van der Waals surface area contributed by atoms with Gasteiger partial charge < -0.3 is 10.2 Å². The molecule has 0 heterocycles. The van der Waals surface area contributed by atoms with E-state index in [4.69, 9.17) is 0 Å². The summed E-state index contributed by atoms with van der Waals surface area (Å²) in [7, 11) is 0. The number of benzene rings is 1. The van der Waals surface area contributed by atoms with Crippen LogP contribution >= 0.6 is 0 Å². The number of carbonyl (C=O) groups excluding carboxylic acids is 2. The fourth-order valence-corrected chi connectivity index (χ4v) is 1.85. The summed E-state index contributed by atoms with van der Waals surface area (Å²) in [5.74, 6) is -2.89. The van der Waals surface area contributed by atoms with Crippen molar-refractivity contribution in [2.75, 3.05) is 13.1 Å². The third kappa shape index (κ3) is 4.51. The maximum Gasteiger partial charge on any atom is 0.254 e. The van der Waals surface area contributed by atoms with Gasteiger partial charge in [-0.15, -0.1) is 13.2 Å². The second-order valence-corrected chi connectivity index (χ2v) is 4.64. The lowest BCUT2D eigenvalue weighted by Crippen LogP contribution is -2.47. The zero-order valence-electron chi connectivity index (χ0n) is 12.3. The van der Waals surface area contributed by atoms with Gasteiger partial charge in [-0.1, -0.05) is 12.2 Å². The Hall–Kier alpha value is -2.50. The molecule has 6 heteroatoms. The molecule has 0 radical (unpaired) electrons. The lowest BCUT2D eigenvalue weighted by atomic mass is 10.1. The Labute approximate surface area is 128 Å². The van der Waals surface area contributed by atoms with Gasteiger partial charge in [0, 0.05) is 19.2 Å². The van der Waals surface area contributed by atoms with Gasteiger partial charge in [0.15, 0.2) is 0 Å². The molecule has 0 aliphatic carbocycles. The van der Waals surface area contributed by atoms with Crippen LogP contribution in [0.3, 0.4) is 0 Å². The van der Waals surface area contributed by atoms with E-state index in [9.17, 15) is 18.4 Å². The van der Waals surface area contributed by atoms with E-state index in [1.54, 1.807) is 12.2 Å². The van der Waals surface area contributed by atoms with Crippen LogP contribution in [0.25, 0.3) is 0 Å². The molecule has 1 rings (SSSR count). The summed E-state index contributed by atoms with van der Waals surface area (Å²) in [4.78, 5) is 25.6. The average molecular weight is 308 g/mol. The Balaban J connectivity index is 2.79. The van der Waals surface area contributed by atoms with E-state index < -0.39 is 23.6 Å². The van der Waals surface area contributed by atoms with Crippen LogP contribution < -0.4 is 5.32 Å². The largest absolute Gasteiger partial charge is 0.340 e. The fourth-order valence-electron chi connectivity index (χ4n) is 1.85. The number of carbonyl (C=O) groups is 2. The standard InChI is InChI=1S/C16H18F2N2O2/c1-4-8-20(9-5-2)16(22)11(3)19-15(21)13-7-6-12(17)10-14(13)18/h4-7,10-11H,1-2,8-9H2,3H3,(H,19,21). The van der Waals surface area contributed by atoms with Gasteiger partial charge >= 0.3 is 0 Å². The Morgan fingerprint density at radius 1 is 1.27 bits per heavy atom. The van der Waals surface area contributed by atoms with Crippen LogP contribution in [0.5, 0.6) is 0 Å². The number of hydrogen-bond donors (Lipinski definition) is 1. The van der Waals surface area contributed by atoms with Crippen molar-refractivity contribution in [3.8, 4) is 0 Å². The molecule has 118 valence electrons. The first-order valence-corrected chi connectivity index (χ1v) is 6.67. The van der Waals surface area contributed by atoms with Crippen molar-refractivity contribution in [3.05, 3.63) is 60.7 Å². The molecule has 0 saturated carbocycles. The molecule has 4 nitrogen and oxygen atoms in total. The molecule has 1 aromatic rings. The molecule has 22 heavy (non-hydrogen) atoms. The Bertz CT molecular complexity index is 578. The van der Waals surface area contributed by atoms with Crippen molar-refractivity contribution in [1.82, 2.24) is 10.2 Å². The van der Waals surface area contributed by atoms with E-state index in [1.165, 1.54) is 11.8 Å². The SMILES string of the molecule is C=CCN(CC=C)C(=O)C(C)NC(=O)c1ccc(F)cc1F. The number of hydrogen-bond acceptors (Lipinski definition) is 2.